The number of benzene rings is 1. The van der Waals surface area contributed by atoms with Gasteiger partial charge in [0, 0.05) is 30.8 Å². The fraction of sp³-hybridized carbons (Fsp3) is 0.316. The highest BCUT2D eigenvalue weighted by Crippen LogP contribution is 2.29. The minimum absolute atomic E-state index is 0.00792. The molecule has 7 heteroatoms. The summed E-state index contributed by atoms with van der Waals surface area (Å²) in [6.45, 7) is 1.32. The first kappa shape index (κ1) is 16.8. The first-order valence-corrected chi connectivity index (χ1v) is 9.52. The van der Waals surface area contributed by atoms with Crippen LogP contribution in [0, 0.1) is 0 Å². The number of thiophene rings is 1. The Kier molecular flexibility index (Phi) is 4.46. The van der Waals surface area contributed by atoms with Crippen molar-refractivity contribution in [2.24, 2.45) is 0 Å². The predicted molar refractivity (Wildman–Crippen MR) is 100 cm³/mol. The fourth-order valence-corrected chi connectivity index (χ4v) is 4.31. The Hall–Kier alpha value is -2.67. The van der Waals surface area contributed by atoms with E-state index in [4.69, 9.17) is 0 Å². The average Bonchev–Trinajstić information content (AvgIpc) is 3.12. The third-order valence-electron chi connectivity index (χ3n) is 4.78. The van der Waals surface area contributed by atoms with Crippen LogP contribution in [0.25, 0.3) is 0 Å². The molecule has 4 rings (SSSR count). The van der Waals surface area contributed by atoms with Gasteiger partial charge in [0.1, 0.15) is 6.54 Å². The Balaban J connectivity index is 1.39. The summed E-state index contributed by atoms with van der Waals surface area (Å²) in [5.41, 5.74) is 2.53. The Morgan fingerprint density at radius 1 is 1.08 bits per heavy atom. The van der Waals surface area contributed by atoms with Crippen molar-refractivity contribution in [2.45, 2.75) is 25.8 Å². The summed E-state index contributed by atoms with van der Waals surface area (Å²) in [6, 6.07) is 9.27. The maximum Gasteiger partial charge on any atom is 0.244 e. The number of amides is 3. The molecule has 0 atom stereocenters. The largest absolute Gasteiger partial charge is 0.338 e. The van der Waals surface area contributed by atoms with E-state index < -0.39 is 0 Å². The number of nitrogens with one attached hydrogen (secondary N) is 1. The second-order valence-corrected chi connectivity index (χ2v) is 7.48. The summed E-state index contributed by atoms with van der Waals surface area (Å²) >= 11 is 1.73. The van der Waals surface area contributed by atoms with Crippen LogP contribution in [-0.2, 0) is 27.3 Å². The van der Waals surface area contributed by atoms with E-state index in [1.165, 1.54) is 15.3 Å². The molecule has 134 valence electrons. The quantitative estimate of drug-likeness (QED) is 0.903. The molecule has 0 saturated heterocycles. The van der Waals surface area contributed by atoms with E-state index in [0.717, 1.165) is 6.42 Å². The van der Waals surface area contributed by atoms with Crippen LogP contribution in [0.2, 0.25) is 0 Å². The summed E-state index contributed by atoms with van der Waals surface area (Å²) in [4.78, 5) is 41.6. The zero-order chi connectivity index (χ0) is 18.1. The molecule has 3 heterocycles. The van der Waals surface area contributed by atoms with Gasteiger partial charge in [0.05, 0.1) is 11.4 Å². The third-order valence-corrected chi connectivity index (χ3v) is 5.81. The van der Waals surface area contributed by atoms with Gasteiger partial charge < -0.3 is 15.1 Å². The molecule has 0 spiro atoms. The normalized spacial score (nSPS) is 15.9. The van der Waals surface area contributed by atoms with Crippen LogP contribution in [-0.4, -0.2) is 35.7 Å². The van der Waals surface area contributed by atoms with E-state index in [9.17, 15) is 14.4 Å². The maximum absolute atomic E-state index is 12.6. The summed E-state index contributed by atoms with van der Waals surface area (Å²) < 4.78 is 0. The van der Waals surface area contributed by atoms with Gasteiger partial charge in [-0.05, 0) is 35.6 Å². The van der Waals surface area contributed by atoms with Crippen molar-refractivity contribution in [3.05, 3.63) is 46.2 Å². The standard InChI is InChI=1S/C19H19N3O3S/c23-17-12-22(15-4-2-1-3-14(15)20-17)19(25)6-5-18(24)21-9-7-16-13(11-21)8-10-26-16/h1-4,8,10H,5-7,9,11-12H2,(H,20,23). The van der Waals surface area contributed by atoms with Gasteiger partial charge in [0.25, 0.3) is 0 Å². The summed E-state index contributed by atoms with van der Waals surface area (Å²) in [5, 5.41) is 4.82. The van der Waals surface area contributed by atoms with Crippen LogP contribution >= 0.6 is 11.3 Å². The fourth-order valence-electron chi connectivity index (χ4n) is 3.42. The molecule has 0 bridgehead atoms. The molecular weight excluding hydrogens is 350 g/mol. The number of para-hydroxylation sites is 2. The van der Waals surface area contributed by atoms with Crippen LogP contribution < -0.4 is 10.2 Å². The van der Waals surface area contributed by atoms with E-state index in [1.54, 1.807) is 23.5 Å². The van der Waals surface area contributed by atoms with Crippen LogP contribution in [0.3, 0.4) is 0 Å². The third kappa shape index (κ3) is 3.22. The molecule has 2 aromatic rings. The van der Waals surface area contributed by atoms with E-state index in [2.05, 4.69) is 16.8 Å². The molecule has 0 saturated carbocycles. The van der Waals surface area contributed by atoms with Crippen molar-refractivity contribution in [1.29, 1.82) is 0 Å². The van der Waals surface area contributed by atoms with Crippen molar-refractivity contribution in [3.63, 3.8) is 0 Å². The van der Waals surface area contributed by atoms with Crippen molar-refractivity contribution in [2.75, 3.05) is 23.3 Å². The van der Waals surface area contributed by atoms with Crippen LogP contribution in [0.5, 0.6) is 0 Å². The van der Waals surface area contributed by atoms with Gasteiger partial charge in [-0.25, -0.2) is 0 Å². The topological polar surface area (TPSA) is 69.7 Å². The lowest BCUT2D eigenvalue weighted by atomic mass is 10.1. The molecule has 0 aliphatic carbocycles. The number of carbonyl (C=O) groups is 3. The van der Waals surface area contributed by atoms with E-state index in [-0.39, 0.29) is 37.1 Å². The van der Waals surface area contributed by atoms with Gasteiger partial charge in [-0.1, -0.05) is 12.1 Å². The van der Waals surface area contributed by atoms with Crippen LogP contribution in [0.1, 0.15) is 23.3 Å². The van der Waals surface area contributed by atoms with Gasteiger partial charge >= 0.3 is 0 Å². The van der Waals surface area contributed by atoms with E-state index >= 15 is 0 Å². The lowest BCUT2D eigenvalue weighted by molar-refractivity contribution is -0.134. The maximum atomic E-state index is 12.6. The molecule has 1 N–H and O–H groups in total. The lowest BCUT2D eigenvalue weighted by Crippen LogP contribution is -2.42. The van der Waals surface area contributed by atoms with E-state index in [0.29, 0.717) is 24.5 Å². The van der Waals surface area contributed by atoms with Gasteiger partial charge in [0.2, 0.25) is 17.7 Å². The molecule has 0 fully saturated rings. The minimum atomic E-state index is -0.218. The Labute approximate surface area is 155 Å². The second kappa shape index (κ2) is 6.92. The average molecular weight is 369 g/mol. The number of carbonyl (C=O) groups excluding carboxylic acids is 3. The predicted octanol–water partition coefficient (Wildman–Crippen LogP) is 2.40. The zero-order valence-electron chi connectivity index (χ0n) is 14.2. The number of anilines is 2. The molecule has 3 amide bonds. The Morgan fingerprint density at radius 2 is 1.88 bits per heavy atom. The molecular formula is C19H19N3O3S. The molecule has 1 aromatic heterocycles. The van der Waals surface area contributed by atoms with Crippen LogP contribution in [0.4, 0.5) is 11.4 Å². The van der Waals surface area contributed by atoms with Crippen molar-refractivity contribution >= 4 is 40.4 Å². The Morgan fingerprint density at radius 3 is 2.77 bits per heavy atom. The van der Waals surface area contributed by atoms with Crippen molar-refractivity contribution < 1.29 is 14.4 Å². The number of fused-ring (bicyclic) bond motifs is 2. The highest BCUT2D eigenvalue weighted by atomic mass is 32.1. The molecule has 2 aliphatic heterocycles. The molecule has 0 radical (unpaired) electrons. The minimum Gasteiger partial charge on any atom is -0.338 e. The monoisotopic (exact) mass is 369 g/mol. The molecule has 6 nitrogen and oxygen atoms in total. The zero-order valence-corrected chi connectivity index (χ0v) is 15.1. The molecule has 1 aromatic carbocycles. The second-order valence-electron chi connectivity index (χ2n) is 6.48. The summed E-state index contributed by atoms with van der Waals surface area (Å²) in [7, 11) is 0. The van der Waals surface area contributed by atoms with Gasteiger partial charge in [-0.15, -0.1) is 11.3 Å². The lowest BCUT2D eigenvalue weighted by Gasteiger charge is -2.30. The smallest absolute Gasteiger partial charge is 0.244 e. The van der Waals surface area contributed by atoms with E-state index in [1.807, 2.05) is 17.0 Å². The van der Waals surface area contributed by atoms with Crippen LogP contribution in [0.15, 0.2) is 35.7 Å². The SMILES string of the molecule is O=C1CN(C(=O)CCC(=O)N2CCc3sccc3C2)c2ccccc2N1. The summed E-state index contributed by atoms with van der Waals surface area (Å²) in [6.07, 6.45) is 1.15. The van der Waals surface area contributed by atoms with Gasteiger partial charge in [0.15, 0.2) is 0 Å². The number of nitrogens with zero attached hydrogens (tertiary/aromatic N) is 2. The summed E-state index contributed by atoms with van der Waals surface area (Å²) in [5.74, 6) is -0.428. The Bertz CT molecular complexity index is 876. The molecule has 0 unspecified atom stereocenters. The van der Waals surface area contributed by atoms with Gasteiger partial charge in [-0.3, -0.25) is 14.4 Å². The number of hydrogen-bond donors (Lipinski definition) is 1. The highest BCUT2D eigenvalue weighted by molar-refractivity contribution is 7.10. The van der Waals surface area contributed by atoms with Gasteiger partial charge in [-0.2, -0.15) is 0 Å². The molecule has 26 heavy (non-hydrogen) atoms. The highest BCUT2D eigenvalue weighted by Gasteiger charge is 2.28. The van der Waals surface area contributed by atoms with Crippen molar-refractivity contribution in [1.82, 2.24) is 4.90 Å². The van der Waals surface area contributed by atoms with Crippen molar-refractivity contribution in [3.8, 4) is 0 Å². The first-order chi connectivity index (χ1) is 12.6. The number of rotatable bonds is 3. The first-order valence-electron chi connectivity index (χ1n) is 8.64. The molecule has 2 aliphatic rings. The number of hydrogen-bond acceptors (Lipinski definition) is 4.